The zero-order valence-electron chi connectivity index (χ0n) is 11.3. The first kappa shape index (κ1) is 15.2. The Hall–Kier alpha value is -1.90. The highest BCUT2D eigenvalue weighted by atomic mass is 16.4. The van der Waals surface area contributed by atoms with Crippen molar-refractivity contribution in [1.82, 2.24) is 0 Å². The SMILES string of the molecule is CCC(=O)O.O=C1CCCCC1=Cc1ccccc1. The number of ketones is 1. The van der Waals surface area contributed by atoms with E-state index >= 15 is 0 Å². The molecule has 1 aromatic carbocycles. The van der Waals surface area contributed by atoms with Crippen molar-refractivity contribution in [2.24, 2.45) is 0 Å². The lowest BCUT2D eigenvalue weighted by Crippen LogP contribution is -2.07. The van der Waals surface area contributed by atoms with Gasteiger partial charge in [-0.25, -0.2) is 0 Å². The molecule has 0 unspecified atom stereocenters. The van der Waals surface area contributed by atoms with Gasteiger partial charge in [-0.1, -0.05) is 37.3 Å². The summed E-state index contributed by atoms with van der Waals surface area (Å²) in [7, 11) is 0. The number of carboxylic acids is 1. The van der Waals surface area contributed by atoms with Gasteiger partial charge in [-0.15, -0.1) is 0 Å². The summed E-state index contributed by atoms with van der Waals surface area (Å²) in [5.74, 6) is -0.412. The van der Waals surface area contributed by atoms with Crippen molar-refractivity contribution in [3.05, 3.63) is 41.5 Å². The van der Waals surface area contributed by atoms with Crippen LogP contribution in [-0.4, -0.2) is 16.9 Å². The van der Waals surface area contributed by atoms with Crippen LogP contribution in [0.5, 0.6) is 0 Å². The smallest absolute Gasteiger partial charge is 0.303 e. The molecule has 1 saturated carbocycles. The van der Waals surface area contributed by atoms with E-state index < -0.39 is 5.97 Å². The van der Waals surface area contributed by atoms with Gasteiger partial charge in [-0.2, -0.15) is 0 Å². The molecule has 3 nitrogen and oxygen atoms in total. The lowest BCUT2D eigenvalue weighted by molar-refractivity contribution is -0.136. The molecule has 0 saturated heterocycles. The summed E-state index contributed by atoms with van der Waals surface area (Å²) in [5, 5.41) is 7.72. The van der Waals surface area contributed by atoms with Gasteiger partial charge in [0.15, 0.2) is 5.78 Å². The number of rotatable bonds is 2. The fraction of sp³-hybridized carbons (Fsp3) is 0.375. The Bertz CT molecular complexity index is 446. The molecular formula is C16H20O3. The van der Waals surface area contributed by atoms with Gasteiger partial charge in [-0.05, 0) is 36.5 Å². The molecule has 0 atom stereocenters. The summed E-state index contributed by atoms with van der Waals surface area (Å²) in [6, 6.07) is 10.1. The van der Waals surface area contributed by atoms with Crippen LogP contribution in [0.15, 0.2) is 35.9 Å². The molecule has 0 spiro atoms. The number of Topliss-reactive ketones (excluding diaryl/α,β-unsaturated/α-hetero) is 1. The van der Waals surface area contributed by atoms with Crippen molar-refractivity contribution in [2.75, 3.05) is 0 Å². The van der Waals surface area contributed by atoms with Crippen molar-refractivity contribution in [3.8, 4) is 0 Å². The molecule has 0 bridgehead atoms. The third-order valence-electron chi connectivity index (χ3n) is 2.90. The summed E-state index contributed by atoms with van der Waals surface area (Å²) in [6.07, 6.45) is 6.16. The normalized spacial score (nSPS) is 16.7. The van der Waals surface area contributed by atoms with Gasteiger partial charge in [0.1, 0.15) is 0 Å². The number of benzene rings is 1. The molecule has 0 aromatic heterocycles. The Kier molecular flexibility index (Phi) is 6.58. The van der Waals surface area contributed by atoms with E-state index in [-0.39, 0.29) is 6.42 Å². The van der Waals surface area contributed by atoms with E-state index in [1.807, 2.05) is 36.4 Å². The Morgan fingerprint density at radius 3 is 2.32 bits per heavy atom. The number of hydrogen-bond acceptors (Lipinski definition) is 2. The lowest BCUT2D eigenvalue weighted by atomic mass is 9.92. The zero-order valence-corrected chi connectivity index (χ0v) is 11.3. The van der Waals surface area contributed by atoms with Gasteiger partial charge in [0.2, 0.25) is 0 Å². The largest absolute Gasteiger partial charge is 0.481 e. The molecule has 102 valence electrons. The summed E-state index contributed by atoms with van der Waals surface area (Å²) >= 11 is 0. The maximum absolute atomic E-state index is 11.5. The van der Waals surface area contributed by atoms with E-state index in [4.69, 9.17) is 5.11 Å². The summed E-state index contributed by atoms with van der Waals surface area (Å²) in [6.45, 7) is 1.60. The molecule has 1 aliphatic rings. The first-order valence-electron chi connectivity index (χ1n) is 6.64. The Labute approximate surface area is 114 Å². The third-order valence-corrected chi connectivity index (χ3v) is 2.90. The topological polar surface area (TPSA) is 54.4 Å². The van der Waals surface area contributed by atoms with Crippen LogP contribution in [-0.2, 0) is 9.59 Å². The predicted molar refractivity (Wildman–Crippen MR) is 75.8 cm³/mol. The number of hydrogen-bond donors (Lipinski definition) is 1. The molecule has 0 radical (unpaired) electrons. The second kappa shape index (κ2) is 8.25. The van der Waals surface area contributed by atoms with Crippen LogP contribution in [0, 0.1) is 0 Å². The third kappa shape index (κ3) is 6.00. The molecule has 0 heterocycles. The first-order chi connectivity index (χ1) is 9.13. The van der Waals surface area contributed by atoms with Crippen molar-refractivity contribution in [1.29, 1.82) is 0 Å². The van der Waals surface area contributed by atoms with Crippen molar-refractivity contribution in [2.45, 2.75) is 39.0 Å². The highest BCUT2D eigenvalue weighted by molar-refractivity contribution is 6.00. The molecule has 0 aliphatic heterocycles. The monoisotopic (exact) mass is 260 g/mol. The Morgan fingerprint density at radius 2 is 1.79 bits per heavy atom. The molecule has 0 amide bonds. The van der Waals surface area contributed by atoms with E-state index in [1.165, 1.54) is 0 Å². The minimum absolute atomic E-state index is 0.222. The first-order valence-corrected chi connectivity index (χ1v) is 6.64. The number of carbonyl (C=O) groups is 2. The van der Waals surface area contributed by atoms with E-state index in [1.54, 1.807) is 6.92 Å². The van der Waals surface area contributed by atoms with E-state index in [0.29, 0.717) is 5.78 Å². The van der Waals surface area contributed by atoms with Crippen LogP contribution in [0.2, 0.25) is 0 Å². The molecule has 1 N–H and O–H groups in total. The fourth-order valence-electron chi connectivity index (χ4n) is 1.80. The predicted octanol–water partition coefficient (Wildman–Crippen LogP) is 3.69. The summed E-state index contributed by atoms with van der Waals surface area (Å²) in [5.41, 5.74) is 2.14. The van der Waals surface area contributed by atoms with Gasteiger partial charge < -0.3 is 5.11 Å². The van der Waals surface area contributed by atoms with Gasteiger partial charge in [-0.3, -0.25) is 9.59 Å². The van der Waals surface area contributed by atoms with E-state index in [2.05, 4.69) is 0 Å². The molecule has 2 rings (SSSR count). The van der Waals surface area contributed by atoms with Gasteiger partial charge >= 0.3 is 5.97 Å². The quantitative estimate of drug-likeness (QED) is 0.825. The average molecular weight is 260 g/mol. The summed E-state index contributed by atoms with van der Waals surface area (Å²) < 4.78 is 0. The maximum Gasteiger partial charge on any atom is 0.303 e. The van der Waals surface area contributed by atoms with Crippen LogP contribution in [0.4, 0.5) is 0 Å². The average Bonchev–Trinajstić information content (AvgIpc) is 2.43. The van der Waals surface area contributed by atoms with Gasteiger partial charge in [0, 0.05) is 12.8 Å². The highest BCUT2D eigenvalue weighted by Gasteiger charge is 2.14. The Morgan fingerprint density at radius 1 is 1.21 bits per heavy atom. The van der Waals surface area contributed by atoms with Crippen molar-refractivity contribution >= 4 is 17.8 Å². The number of aliphatic carboxylic acids is 1. The molecule has 1 fully saturated rings. The number of allylic oxidation sites excluding steroid dienone is 1. The molecule has 3 heteroatoms. The number of carboxylic acid groups (broad SMARTS) is 1. The van der Waals surface area contributed by atoms with Gasteiger partial charge in [0.25, 0.3) is 0 Å². The Balaban J connectivity index is 0.000000312. The second-order valence-electron chi connectivity index (χ2n) is 4.46. The van der Waals surface area contributed by atoms with Crippen molar-refractivity contribution < 1.29 is 14.7 Å². The van der Waals surface area contributed by atoms with E-state index in [0.717, 1.165) is 36.8 Å². The fourth-order valence-corrected chi connectivity index (χ4v) is 1.80. The van der Waals surface area contributed by atoms with Crippen molar-refractivity contribution in [3.63, 3.8) is 0 Å². The zero-order chi connectivity index (χ0) is 14.1. The number of carbonyl (C=O) groups excluding carboxylic acids is 1. The second-order valence-corrected chi connectivity index (χ2v) is 4.46. The van der Waals surface area contributed by atoms with Crippen LogP contribution in [0.3, 0.4) is 0 Å². The summed E-state index contributed by atoms with van der Waals surface area (Å²) in [4.78, 5) is 20.9. The molecular weight excluding hydrogens is 240 g/mol. The van der Waals surface area contributed by atoms with Crippen LogP contribution < -0.4 is 0 Å². The van der Waals surface area contributed by atoms with E-state index in [9.17, 15) is 9.59 Å². The minimum Gasteiger partial charge on any atom is -0.481 e. The molecule has 1 aliphatic carbocycles. The van der Waals surface area contributed by atoms with Crippen LogP contribution >= 0.6 is 0 Å². The molecule has 1 aromatic rings. The van der Waals surface area contributed by atoms with Crippen LogP contribution in [0.1, 0.15) is 44.6 Å². The highest BCUT2D eigenvalue weighted by Crippen LogP contribution is 2.21. The lowest BCUT2D eigenvalue weighted by Gasteiger charge is -2.12. The molecule has 19 heavy (non-hydrogen) atoms. The standard InChI is InChI=1S/C13H14O.C3H6O2/c14-13-9-5-4-8-12(13)10-11-6-2-1-3-7-11;1-2-3(4)5/h1-3,6-7,10H,4-5,8-9H2;2H2,1H3,(H,4,5). The van der Waals surface area contributed by atoms with Crippen LogP contribution in [0.25, 0.3) is 6.08 Å². The minimum atomic E-state index is -0.745. The maximum atomic E-state index is 11.5. The van der Waals surface area contributed by atoms with Gasteiger partial charge in [0.05, 0.1) is 0 Å².